The van der Waals surface area contributed by atoms with E-state index in [1.165, 1.54) is 6.07 Å². The van der Waals surface area contributed by atoms with Crippen molar-refractivity contribution in [3.8, 4) is 5.75 Å². The van der Waals surface area contributed by atoms with E-state index in [-0.39, 0.29) is 24.5 Å². The molecule has 0 N–H and O–H groups in total. The van der Waals surface area contributed by atoms with Gasteiger partial charge in [-0.05, 0) is 31.0 Å². The average Bonchev–Trinajstić information content (AvgIpc) is 2.16. The summed E-state index contributed by atoms with van der Waals surface area (Å²) in [6.45, 7) is 1.93. The fraction of sp³-hybridized carbons (Fsp3) is 0.400. The molecular formula is C10H12ClFO3S. The molecule has 0 aromatic heterocycles. The summed E-state index contributed by atoms with van der Waals surface area (Å²) in [6, 6.07) is 4.50. The first kappa shape index (κ1) is 13.3. The predicted octanol–water partition coefficient (Wildman–Crippen LogP) is 2.47. The zero-order valence-electron chi connectivity index (χ0n) is 8.74. The smallest absolute Gasteiger partial charge is 0.232 e. The predicted molar refractivity (Wildman–Crippen MR) is 60.9 cm³/mol. The van der Waals surface area contributed by atoms with Gasteiger partial charge in [-0.2, -0.15) is 0 Å². The molecule has 1 aromatic rings. The van der Waals surface area contributed by atoms with Gasteiger partial charge in [-0.3, -0.25) is 0 Å². The highest BCUT2D eigenvalue weighted by Gasteiger charge is 2.06. The Balaban J connectivity index is 2.46. The van der Waals surface area contributed by atoms with Gasteiger partial charge in [-0.1, -0.05) is 6.07 Å². The summed E-state index contributed by atoms with van der Waals surface area (Å²) < 4.78 is 39.5. The average molecular weight is 267 g/mol. The minimum absolute atomic E-state index is 0.117. The van der Waals surface area contributed by atoms with E-state index < -0.39 is 14.9 Å². The molecule has 0 heterocycles. The summed E-state index contributed by atoms with van der Waals surface area (Å²) in [5, 5.41) is 0. The van der Waals surface area contributed by atoms with E-state index in [0.717, 1.165) is 5.56 Å². The van der Waals surface area contributed by atoms with Crippen molar-refractivity contribution in [3.05, 3.63) is 29.6 Å². The number of benzene rings is 1. The highest BCUT2D eigenvalue weighted by molar-refractivity contribution is 8.13. The zero-order valence-corrected chi connectivity index (χ0v) is 10.3. The van der Waals surface area contributed by atoms with E-state index in [1.54, 1.807) is 12.1 Å². The summed E-state index contributed by atoms with van der Waals surface area (Å²) in [4.78, 5) is 0. The summed E-state index contributed by atoms with van der Waals surface area (Å²) in [5.41, 5.74) is 0.876. The van der Waals surface area contributed by atoms with Crippen LogP contribution in [0.1, 0.15) is 12.0 Å². The molecule has 90 valence electrons. The number of halogens is 2. The van der Waals surface area contributed by atoms with Crippen LogP contribution < -0.4 is 4.74 Å². The molecule has 0 unspecified atom stereocenters. The van der Waals surface area contributed by atoms with Crippen molar-refractivity contribution in [2.45, 2.75) is 13.3 Å². The molecule has 1 aromatic carbocycles. The second kappa shape index (κ2) is 5.50. The van der Waals surface area contributed by atoms with Crippen LogP contribution in [0.15, 0.2) is 18.2 Å². The van der Waals surface area contributed by atoms with Crippen LogP contribution in [-0.4, -0.2) is 20.8 Å². The molecule has 0 radical (unpaired) electrons. The lowest BCUT2D eigenvalue weighted by molar-refractivity contribution is 0.301. The van der Waals surface area contributed by atoms with Crippen LogP contribution in [0, 0.1) is 12.7 Å². The van der Waals surface area contributed by atoms with E-state index in [1.807, 2.05) is 6.92 Å². The molecule has 6 heteroatoms. The largest absolute Gasteiger partial charge is 0.490 e. The van der Waals surface area contributed by atoms with E-state index in [0.29, 0.717) is 0 Å². The van der Waals surface area contributed by atoms with Gasteiger partial charge in [0.2, 0.25) is 9.05 Å². The molecule has 0 bridgehead atoms. The first-order valence-electron chi connectivity index (χ1n) is 4.70. The van der Waals surface area contributed by atoms with Gasteiger partial charge in [-0.25, -0.2) is 12.8 Å². The quantitative estimate of drug-likeness (QED) is 0.607. The van der Waals surface area contributed by atoms with Gasteiger partial charge in [0.05, 0.1) is 12.4 Å². The first-order chi connectivity index (χ1) is 7.38. The fourth-order valence-electron chi connectivity index (χ4n) is 1.13. The van der Waals surface area contributed by atoms with Crippen molar-refractivity contribution < 1.29 is 17.5 Å². The standard InChI is InChI=1S/C10H12ClFO3S/c1-8-3-4-9(12)10(7-8)15-5-2-6-16(11,13)14/h3-4,7H,2,5-6H2,1H3. The Morgan fingerprint density at radius 2 is 2.12 bits per heavy atom. The lowest BCUT2D eigenvalue weighted by Crippen LogP contribution is -2.05. The van der Waals surface area contributed by atoms with Gasteiger partial charge in [0, 0.05) is 10.7 Å². The van der Waals surface area contributed by atoms with Crippen molar-refractivity contribution in [3.63, 3.8) is 0 Å². The molecule has 0 saturated carbocycles. The van der Waals surface area contributed by atoms with Gasteiger partial charge < -0.3 is 4.74 Å². The lowest BCUT2D eigenvalue weighted by atomic mass is 10.2. The molecule has 1 rings (SSSR count). The Morgan fingerprint density at radius 3 is 2.75 bits per heavy atom. The minimum atomic E-state index is -3.50. The molecule has 3 nitrogen and oxygen atoms in total. The van der Waals surface area contributed by atoms with Crippen molar-refractivity contribution in [2.75, 3.05) is 12.4 Å². The number of hydrogen-bond donors (Lipinski definition) is 0. The molecule has 0 aliphatic rings. The maximum absolute atomic E-state index is 13.2. The third-order valence-electron chi connectivity index (χ3n) is 1.88. The minimum Gasteiger partial charge on any atom is -0.490 e. The maximum Gasteiger partial charge on any atom is 0.232 e. The highest BCUT2D eigenvalue weighted by atomic mass is 35.7. The second-order valence-electron chi connectivity index (χ2n) is 3.38. The number of ether oxygens (including phenoxy) is 1. The molecule has 0 aliphatic carbocycles. The van der Waals surface area contributed by atoms with Gasteiger partial charge in [0.15, 0.2) is 11.6 Å². The highest BCUT2D eigenvalue weighted by Crippen LogP contribution is 2.18. The Bertz CT molecular complexity index is 459. The third-order valence-corrected chi connectivity index (χ3v) is 3.12. The Labute approximate surface area is 98.6 Å². The molecular weight excluding hydrogens is 255 g/mol. The molecule has 0 aliphatic heterocycles. The van der Waals surface area contributed by atoms with Crippen LogP contribution in [0.4, 0.5) is 4.39 Å². The number of hydrogen-bond acceptors (Lipinski definition) is 3. The van der Waals surface area contributed by atoms with Crippen molar-refractivity contribution >= 4 is 19.7 Å². The van der Waals surface area contributed by atoms with Crippen LogP contribution >= 0.6 is 10.7 Å². The molecule has 16 heavy (non-hydrogen) atoms. The van der Waals surface area contributed by atoms with Crippen LogP contribution in [0.25, 0.3) is 0 Å². The van der Waals surface area contributed by atoms with E-state index >= 15 is 0 Å². The van der Waals surface area contributed by atoms with Crippen LogP contribution in [-0.2, 0) is 9.05 Å². The monoisotopic (exact) mass is 266 g/mol. The SMILES string of the molecule is Cc1ccc(F)c(OCCCS(=O)(=O)Cl)c1. The first-order valence-corrected chi connectivity index (χ1v) is 7.17. The summed E-state index contributed by atoms with van der Waals surface area (Å²) >= 11 is 0. The Hall–Kier alpha value is -0.810. The van der Waals surface area contributed by atoms with E-state index in [9.17, 15) is 12.8 Å². The van der Waals surface area contributed by atoms with Crippen molar-refractivity contribution in [1.82, 2.24) is 0 Å². The number of rotatable bonds is 5. The molecule has 0 amide bonds. The van der Waals surface area contributed by atoms with Crippen LogP contribution in [0.5, 0.6) is 5.75 Å². The Morgan fingerprint density at radius 1 is 1.44 bits per heavy atom. The molecule has 0 fully saturated rings. The Kier molecular flexibility index (Phi) is 4.56. The van der Waals surface area contributed by atoms with Crippen LogP contribution in [0.3, 0.4) is 0 Å². The maximum atomic E-state index is 13.2. The van der Waals surface area contributed by atoms with Crippen molar-refractivity contribution in [2.24, 2.45) is 0 Å². The van der Waals surface area contributed by atoms with Crippen LogP contribution in [0.2, 0.25) is 0 Å². The van der Waals surface area contributed by atoms with Gasteiger partial charge >= 0.3 is 0 Å². The lowest BCUT2D eigenvalue weighted by Gasteiger charge is -2.07. The zero-order chi connectivity index (χ0) is 12.2. The molecule has 0 spiro atoms. The summed E-state index contributed by atoms with van der Waals surface area (Å²) in [5.74, 6) is -0.506. The third kappa shape index (κ3) is 4.81. The topological polar surface area (TPSA) is 43.4 Å². The van der Waals surface area contributed by atoms with E-state index in [4.69, 9.17) is 15.4 Å². The van der Waals surface area contributed by atoms with Gasteiger partial charge in [0.1, 0.15) is 0 Å². The summed E-state index contributed by atoms with van der Waals surface area (Å²) in [6.07, 6.45) is 0.235. The normalized spacial score (nSPS) is 11.4. The van der Waals surface area contributed by atoms with Crippen molar-refractivity contribution in [1.29, 1.82) is 0 Å². The molecule has 0 atom stereocenters. The van der Waals surface area contributed by atoms with Gasteiger partial charge in [0.25, 0.3) is 0 Å². The molecule has 0 saturated heterocycles. The second-order valence-corrected chi connectivity index (χ2v) is 6.28. The number of aryl methyl sites for hydroxylation is 1. The van der Waals surface area contributed by atoms with E-state index in [2.05, 4.69) is 0 Å². The van der Waals surface area contributed by atoms with Gasteiger partial charge in [-0.15, -0.1) is 0 Å². The summed E-state index contributed by atoms with van der Waals surface area (Å²) in [7, 11) is 1.52. The fourth-order valence-corrected chi connectivity index (χ4v) is 1.92.